The van der Waals surface area contributed by atoms with E-state index in [0.29, 0.717) is 10.7 Å². The Morgan fingerprint density at radius 1 is 1.26 bits per heavy atom. The van der Waals surface area contributed by atoms with Gasteiger partial charge in [-0.1, -0.05) is 42.4 Å². The van der Waals surface area contributed by atoms with Crippen LogP contribution in [0.3, 0.4) is 0 Å². The molecule has 0 aromatic heterocycles. The molecule has 0 saturated carbocycles. The zero-order valence-electron chi connectivity index (χ0n) is 15.2. The average Bonchev–Trinajstić information content (AvgIpc) is 3.13. The van der Waals surface area contributed by atoms with E-state index in [9.17, 15) is 4.39 Å². The Morgan fingerprint density at radius 3 is 2.89 bits per heavy atom. The molecule has 27 heavy (non-hydrogen) atoms. The number of halogens is 2. The Kier molecular flexibility index (Phi) is 4.75. The fourth-order valence-corrected chi connectivity index (χ4v) is 3.89. The van der Waals surface area contributed by atoms with Crippen molar-refractivity contribution in [3.8, 4) is 0 Å². The molecule has 0 bridgehead atoms. The molecule has 0 spiro atoms. The number of rotatable bonds is 3. The minimum Gasteiger partial charge on any atom is -0.363 e. The predicted molar refractivity (Wildman–Crippen MR) is 109 cm³/mol. The third kappa shape index (κ3) is 3.50. The summed E-state index contributed by atoms with van der Waals surface area (Å²) in [6.07, 6.45) is 2.78. The van der Waals surface area contributed by atoms with Gasteiger partial charge in [0.05, 0.1) is 0 Å². The van der Waals surface area contributed by atoms with E-state index < -0.39 is 0 Å². The van der Waals surface area contributed by atoms with Gasteiger partial charge in [0, 0.05) is 33.1 Å². The van der Waals surface area contributed by atoms with Gasteiger partial charge < -0.3 is 10.6 Å². The van der Waals surface area contributed by atoms with Crippen molar-refractivity contribution in [2.45, 2.75) is 32.4 Å². The second kappa shape index (κ2) is 7.20. The van der Waals surface area contributed by atoms with E-state index >= 15 is 0 Å². The van der Waals surface area contributed by atoms with Gasteiger partial charge in [0.2, 0.25) is 0 Å². The molecular weight excluding hydrogens is 361 g/mol. The van der Waals surface area contributed by atoms with Crippen LogP contribution in [0.4, 0.5) is 4.39 Å². The van der Waals surface area contributed by atoms with Gasteiger partial charge in [-0.3, -0.25) is 0 Å². The maximum atomic E-state index is 13.7. The first-order chi connectivity index (χ1) is 13.0. The van der Waals surface area contributed by atoms with Crippen LogP contribution < -0.4 is 10.6 Å². The monoisotopic (exact) mass is 381 g/mol. The molecule has 1 aliphatic carbocycles. The van der Waals surface area contributed by atoms with Gasteiger partial charge in [0.1, 0.15) is 17.8 Å². The maximum absolute atomic E-state index is 13.7. The first kappa shape index (κ1) is 17.8. The molecule has 0 radical (unpaired) electrons. The van der Waals surface area contributed by atoms with E-state index in [1.807, 2.05) is 31.2 Å². The topological polar surface area (TPSA) is 36.4 Å². The van der Waals surface area contributed by atoms with Crippen molar-refractivity contribution < 1.29 is 4.39 Å². The molecule has 1 heterocycles. The summed E-state index contributed by atoms with van der Waals surface area (Å²) in [5.41, 5.74) is 5.67. The fraction of sp³-hybridized carbons (Fsp3) is 0.227. The van der Waals surface area contributed by atoms with E-state index in [0.717, 1.165) is 41.8 Å². The first-order valence-electron chi connectivity index (χ1n) is 9.06. The van der Waals surface area contributed by atoms with Crippen molar-refractivity contribution >= 4 is 23.1 Å². The van der Waals surface area contributed by atoms with Crippen LogP contribution in [-0.2, 0) is 0 Å². The van der Waals surface area contributed by atoms with Gasteiger partial charge in [0.25, 0.3) is 0 Å². The fourth-order valence-electron chi connectivity index (χ4n) is 3.65. The number of nitrogens with one attached hydrogen (secondary N) is 2. The number of aliphatic imine (C=N–C) groups is 1. The van der Waals surface area contributed by atoms with Crippen LogP contribution in [0.5, 0.6) is 0 Å². The van der Waals surface area contributed by atoms with Gasteiger partial charge in [0.15, 0.2) is 0 Å². The third-order valence-corrected chi connectivity index (χ3v) is 5.41. The summed E-state index contributed by atoms with van der Waals surface area (Å²) >= 11 is 6.38. The van der Waals surface area contributed by atoms with Crippen molar-refractivity contribution in [2.24, 2.45) is 4.99 Å². The van der Waals surface area contributed by atoms with Crippen molar-refractivity contribution in [3.63, 3.8) is 0 Å². The molecule has 0 fully saturated rings. The van der Waals surface area contributed by atoms with Gasteiger partial charge in [-0.25, -0.2) is 9.38 Å². The maximum Gasteiger partial charge on any atom is 0.148 e. The normalized spacial score (nSPS) is 18.6. The van der Waals surface area contributed by atoms with Crippen LogP contribution in [0.25, 0.3) is 5.70 Å². The van der Waals surface area contributed by atoms with E-state index in [4.69, 9.17) is 16.6 Å². The van der Waals surface area contributed by atoms with E-state index in [-0.39, 0.29) is 12.0 Å². The molecule has 2 aromatic carbocycles. The molecule has 5 heteroatoms. The third-order valence-electron chi connectivity index (χ3n) is 5.07. The Balaban J connectivity index is 1.67. The number of nitrogens with zero attached hydrogens (tertiary/aromatic N) is 1. The minimum absolute atomic E-state index is 0.251. The minimum atomic E-state index is -0.277. The van der Waals surface area contributed by atoms with Gasteiger partial charge in [-0.05, 0) is 49.9 Å². The smallest absolute Gasteiger partial charge is 0.148 e. The molecule has 2 aromatic rings. The highest BCUT2D eigenvalue weighted by molar-refractivity contribution is 6.31. The lowest BCUT2D eigenvalue weighted by molar-refractivity contribution is 0.601. The summed E-state index contributed by atoms with van der Waals surface area (Å²) in [5, 5.41) is 7.54. The zero-order chi connectivity index (χ0) is 19.0. The largest absolute Gasteiger partial charge is 0.363 e. The van der Waals surface area contributed by atoms with Crippen molar-refractivity contribution in [1.29, 1.82) is 0 Å². The van der Waals surface area contributed by atoms with Crippen LogP contribution in [0.15, 0.2) is 65.3 Å². The van der Waals surface area contributed by atoms with Crippen molar-refractivity contribution in [2.75, 3.05) is 0 Å². The molecular formula is C22H21ClFN3. The summed E-state index contributed by atoms with van der Waals surface area (Å²) in [5.74, 6) is 0.514. The Morgan fingerprint density at radius 2 is 2.07 bits per heavy atom. The molecule has 0 saturated heterocycles. The van der Waals surface area contributed by atoms with Crippen molar-refractivity contribution in [3.05, 3.63) is 87.8 Å². The number of hydrogen-bond acceptors (Lipinski definition) is 3. The average molecular weight is 382 g/mol. The standard InChI is InChI=1S/C22H21ClFN3/c1-13-10-11-15(24)12-18(13)14(2)25-22-17-7-5-9-20(17)26-21(27-22)16-6-3-4-8-19(16)23/h3-4,6,8,10-12,21,26H,2,5,7,9H2,1H3,(H,25,27). The van der Waals surface area contributed by atoms with Crippen LogP contribution in [0, 0.1) is 12.7 Å². The van der Waals surface area contributed by atoms with Gasteiger partial charge in [-0.15, -0.1) is 0 Å². The Hall–Kier alpha value is -2.59. The van der Waals surface area contributed by atoms with E-state index in [1.54, 1.807) is 6.07 Å². The summed E-state index contributed by atoms with van der Waals surface area (Å²) in [4.78, 5) is 4.87. The SMILES string of the molecule is C=C(NC1=NC(c2ccccc2Cl)NC2=C1CCC2)c1cc(F)ccc1C. The highest BCUT2D eigenvalue weighted by Gasteiger charge is 2.28. The number of aryl methyl sites for hydroxylation is 1. The Labute approximate surface area is 163 Å². The molecule has 1 atom stereocenters. The molecule has 2 aliphatic rings. The van der Waals surface area contributed by atoms with Gasteiger partial charge in [-0.2, -0.15) is 0 Å². The predicted octanol–water partition coefficient (Wildman–Crippen LogP) is 5.49. The van der Waals surface area contributed by atoms with Crippen LogP contribution in [0.1, 0.15) is 42.1 Å². The first-order valence-corrected chi connectivity index (χ1v) is 9.44. The molecule has 1 unspecified atom stereocenters. The molecule has 3 nitrogen and oxygen atoms in total. The highest BCUT2D eigenvalue weighted by Crippen LogP contribution is 2.34. The number of benzene rings is 2. The highest BCUT2D eigenvalue weighted by atomic mass is 35.5. The molecule has 1 aliphatic heterocycles. The lowest BCUT2D eigenvalue weighted by Gasteiger charge is -2.27. The summed E-state index contributed by atoms with van der Waals surface area (Å²) in [6, 6.07) is 12.4. The number of hydrogen-bond donors (Lipinski definition) is 2. The Bertz CT molecular complexity index is 977. The number of amidine groups is 1. The summed E-state index contributed by atoms with van der Waals surface area (Å²) in [7, 11) is 0. The number of allylic oxidation sites excluding steroid dienone is 1. The lowest BCUT2D eigenvalue weighted by atomic mass is 10.0. The van der Waals surface area contributed by atoms with Gasteiger partial charge >= 0.3 is 0 Å². The lowest BCUT2D eigenvalue weighted by Crippen LogP contribution is -2.33. The van der Waals surface area contributed by atoms with Crippen LogP contribution in [-0.4, -0.2) is 5.84 Å². The summed E-state index contributed by atoms with van der Waals surface area (Å²) in [6.45, 7) is 6.07. The van der Waals surface area contributed by atoms with Crippen molar-refractivity contribution in [1.82, 2.24) is 10.6 Å². The van der Waals surface area contributed by atoms with Crippen LogP contribution in [0.2, 0.25) is 5.02 Å². The molecule has 4 rings (SSSR count). The zero-order valence-corrected chi connectivity index (χ0v) is 15.9. The molecule has 0 amide bonds. The van der Waals surface area contributed by atoms with E-state index in [1.165, 1.54) is 23.4 Å². The molecule has 2 N–H and O–H groups in total. The summed E-state index contributed by atoms with van der Waals surface area (Å²) < 4.78 is 13.7. The molecule has 138 valence electrons. The van der Waals surface area contributed by atoms with Crippen LogP contribution >= 0.6 is 11.6 Å². The quantitative estimate of drug-likeness (QED) is 0.737. The van der Waals surface area contributed by atoms with E-state index in [2.05, 4.69) is 17.2 Å². The second-order valence-electron chi connectivity index (χ2n) is 6.92. The second-order valence-corrected chi connectivity index (χ2v) is 7.33.